The van der Waals surface area contributed by atoms with E-state index in [9.17, 15) is 18.0 Å². The van der Waals surface area contributed by atoms with Gasteiger partial charge in [-0.1, -0.05) is 18.2 Å². The van der Waals surface area contributed by atoms with Crippen molar-refractivity contribution in [2.24, 2.45) is 16.9 Å². The number of carboxylic acid groups (broad SMARTS) is 1. The van der Waals surface area contributed by atoms with Crippen molar-refractivity contribution < 1.29 is 27.5 Å². The highest BCUT2D eigenvalue weighted by Gasteiger charge is 2.34. The fraction of sp³-hybridized carbons (Fsp3) is 0.400. The molecule has 29 heavy (non-hydrogen) atoms. The van der Waals surface area contributed by atoms with E-state index in [1.807, 2.05) is 0 Å². The van der Waals surface area contributed by atoms with E-state index in [-0.39, 0.29) is 23.2 Å². The van der Waals surface area contributed by atoms with Gasteiger partial charge in [0.2, 0.25) is 0 Å². The zero-order valence-corrected chi connectivity index (χ0v) is 15.6. The summed E-state index contributed by atoms with van der Waals surface area (Å²) in [7, 11) is 0. The molecule has 0 amide bonds. The summed E-state index contributed by atoms with van der Waals surface area (Å²) >= 11 is 0. The Morgan fingerprint density at radius 1 is 1.28 bits per heavy atom. The van der Waals surface area contributed by atoms with Crippen LogP contribution in [0, 0.1) is 11.8 Å². The van der Waals surface area contributed by atoms with Crippen LogP contribution in [-0.2, 0) is 11.0 Å². The van der Waals surface area contributed by atoms with Crippen molar-refractivity contribution in [1.82, 2.24) is 10.7 Å². The lowest BCUT2D eigenvalue weighted by molar-refractivity contribution is -0.142. The van der Waals surface area contributed by atoms with Crippen LogP contribution in [-0.4, -0.2) is 36.9 Å². The van der Waals surface area contributed by atoms with E-state index >= 15 is 0 Å². The number of nitrogens with zero attached hydrogens (tertiary/aromatic N) is 1. The maximum absolute atomic E-state index is 13.1. The minimum Gasteiger partial charge on any atom is -0.481 e. The molecule has 3 N–H and O–H groups in total. The van der Waals surface area contributed by atoms with Crippen molar-refractivity contribution in [2.45, 2.75) is 19.0 Å². The summed E-state index contributed by atoms with van der Waals surface area (Å²) in [4.78, 5) is 11.1. The lowest BCUT2D eigenvalue weighted by Crippen LogP contribution is -2.40. The number of hydrogen-bond acceptors (Lipinski definition) is 5. The van der Waals surface area contributed by atoms with Gasteiger partial charge in [0, 0.05) is 18.7 Å². The first kappa shape index (κ1) is 20.9. The third-order valence-corrected chi connectivity index (χ3v) is 4.86. The Labute approximate surface area is 165 Å². The molecule has 2 heterocycles. The molecule has 9 heteroatoms. The molecule has 2 aromatic rings. The lowest BCUT2D eigenvalue weighted by atomic mass is 9.88. The molecule has 2 atom stereocenters. The average Bonchev–Trinajstić information content (AvgIpc) is 3.16. The Bertz CT molecular complexity index is 864. The van der Waals surface area contributed by atoms with E-state index < -0.39 is 17.7 Å². The summed E-state index contributed by atoms with van der Waals surface area (Å²) < 4.78 is 44.9. The number of nitrogens with one attached hydrogen (secondary N) is 2. The Morgan fingerprint density at radius 3 is 2.83 bits per heavy atom. The number of hydrazone groups is 1. The van der Waals surface area contributed by atoms with Gasteiger partial charge in [-0.25, -0.2) is 0 Å². The number of hydrogen-bond donors (Lipinski definition) is 3. The molecule has 0 saturated carbocycles. The highest BCUT2D eigenvalue weighted by Crippen LogP contribution is 2.37. The molecule has 1 saturated heterocycles. The Morgan fingerprint density at radius 2 is 2.07 bits per heavy atom. The third-order valence-electron chi connectivity index (χ3n) is 4.86. The topological polar surface area (TPSA) is 86.9 Å². The molecule has 0 bridgehead atoms. The van der Waals surface area contributed by atoms with Crippen molar-refractivity contribution in [3.8, 4) is 11.3 Å². The van der Waals surface area contributed by atoms with Gasteiger partial charge in [0.05, 0.1) is 17.7 Å². The molecule has 3 rings (SSSR count). The van der Waals surface area contributed by atoms with Crippen molar-refractivity contribution in [3.05, 3.63) is 47.7 Å². The quantitative estimate of drug-likeness (QED) is 0.370. The molecule has 1 aromatic carbocycles. The third kappa shape index (κ3) is 5.60. The highest BCUT2D eigenvalue weighted by molar-refractivity contribution is 5.77. The number of piperidine rings is 1. The van der Waals surface area contributed by atoms with Gasteiger partial charge in [-0.05, 0) is 43.5 Å². The van der Waals surface area contributed by atoms with Crippen LogP contribution in [0.1, 0.15) is 24.2 Å². The number of halogens is 3. The monoisotopic (exact) mass is 409 g/mol. The second kappa shape index (κ2) is 9.13. The van der Waals surface area contributed by atoms with E-state index in [0.29, 0.717) is 25.3 Å². The normalized spacial score (nSPS) is 20.1. The van der Waals surface area contributed by atoms with Gasteiger partial charge in [-0.15, -0.1) is 0 Å². The molecule has 0 unspecified atom stereocenters. The molecule has 0 radical (unpaired) electrons. The van der Waals surface area contributed by atoms with Crippen molar-refractivity contribution in [3.63, 3.8) is 0 Å². The van der Waals surface area contributed by atoms with E-state index in [0.717, 1.165) is 19.0 Å². The number of carbonyl (C=O) groups is 1. The Kier molecular flexibility index (Phi) is 6.58. The maximum Gasteiger partial charge on any atom is 0.417 e. The fourth-order valence-electron chi connectivity index (χ4n) is 3.39. The van der Waals surface area contributed by atoms with Crippen LogP contribution in [0.2, 0.25) is 0 Å². The van der Waals surface area contributed by atoms with E-state index in [1.54, 1.807) is 6.07 Å². The Hall–Kier alpha value is -2.81. The summed E-state index contributed by atoms with van der Waals surface area (Å²) in [6, 6.07) is 8.27. The summed E-state index contributed by atoms with van der Waals surface area (Å²) in [5, 5.41) is 16.2. The smallest absolute Gasteiger partial charge is 0.417 e. The minimum absolute atomic E-state index is 0.0228. The SMILES string of the molecule is O=C(O)[C@H]1CNC[C@@H](CCN/N=C/c2ccc(-c3ccccc3C(F)(F)F)o2)C1. The number of carboxylic acids is 1. The number of alkyl halides is 3. The predicted octanol–water partition coefficient (Wildman–Crippen LogP) is 3.59. The first-order valence-electron chi connectivity index (χ1n) is 9.30. The standard InChI is InChI=1S/C20H22F3N3O3/c21-20(22,23)17-4-2-1-3-16(17)18-6-5-15(29-18)12-26-25-8-7-13-9-14(19(27)28)11-24-10-13/h1-6,12-14,24-25H,7-11H2,(H,27,28)/b26-12+/t13-,14+/m0/s1. The van der Waals surface area contributed by atoms with Crippen LogP contribution in [0.15, 0.2) is 45.9 Å². The van der Waals surface area contributed by atoms with Gasteiger partial charge in [0.1, 0.15) is 11.5 Å². The average molecular weight is 409 g/mol. The molecule has 0 aliphatic carbocycles. The van der Waals surface area contributed by atoms with Gasteiger partial charge in [-0.2, -0.15) is 18.3 Å². The van der Waals surface area contributed by atoms with Crippen LogP contribution in [0.25, 0.3) is 11.3 Å². The second-order valence-corrected chi connectivity index (χ2v) is 7.00. The molecule has 1 fully saturated rings. The predicted molar refractivity (Wildman–Crippen MR) is 101 cm³/mol. The van der Waals surface area contributed by atoms with E-state index in [2.05, 4.69) is 15.8 Å². The van der Waals surface area contributed by atoms with Crippen molar-refractivity contribution in [2.75, 3.05) is 19.6 Å². The molecule has 1 aliphatic heterocycles. The van der Waals surface area contributed by atoms with Crippen LogP contribution in [0.5, 0.6) is 0 Å². The minimum atomic E-state index is -4.47. The van der Waals surface area contributed by atoms with Crippen LogP contribution in [0.4, 0.5) is 13.2 Å². The lowest BCUT2D eigenvalue weighted by Gasteiger charge is -2.27. The molecule has 1 aliphatic rings. The molecule has 6 nitrogen and oxygen atoms in total. The zero-order chi connectivity index (χ0) is 20.9. The van der Waals surface area contributed by atoms with E-state index in [1.165, 1.54) is 30.5 Å². The summed E-state index contributed by atoms with van der Waals surface area (Å²) in [6.07, 6.45) is -1.67. The first-order valence-corrected chi connectivity index (χ1v) is 9.30. The van der Waals surface area contributed by atoms with Gasteiger partial charge < -0.3 is 20.3 Å². The fourth-order valence-corrected chi connectivity index (χ4v) is 3.39. The number of rotatable bonds is 7. The zero-order valence-electron chi connectivity index (χ0n) is 15.6. The molecule has 1 aromatic heterocycles. The number of aliphatic carboxylic acids is 1. The molecule has 156 valence electrons. The number of furan rings is 1. The second-order valence-electron chi connectivity index (χ2n) is 7.00. The van der Waals surface area contributed by atoms with Gasteiger partial charge in [0.25, 0.3) is 0 Å². The Balaban J connectivity index is 1.52. The van der Waals surface area contributed by atoms with Crippen LogP contribution in [0.3, 0.4) is 0 Å². The first-order chi connectivity index (χ1) is 13.8. The molecule has 0 spiro atoms. The highest BCUT2D eigenvalue weighted by atomic mass is 19.4. The summed E-state index contributed by atoms with van der Waals surface area (Å²) in [6.45, 7) is 1.82. The van der Waals surface area contributed by atoms with Crippen molar-refractivity contribution >= 4 is 12.2 Å². The molecular weight excluding hydrogens is 387 g/mol. The summed E-state index contributed by atoms with van der Waals surface area (Å²) in [5.74, 6) is -0.448. The largest absolute Gasteiger partial charge is 0.481 e. The van der Waals surface area contributed by atoms with Gasteiger partial charge in [0.15, 0.2) is 0 Å². The van der Waals surface area contributed by atoms with Crippen molar-refractivity contribution in [1.29, 1.82) is 0 Å². The van der Waals surface area contributed by atoms with Gasteiger partial charge in [-0.3, -0.25) is 4.79 Å². The van der Waals surface area contributed by atoms with Crippen LogP contribution >= 0.6 is 0 Å². The van der Waals surface area contributed by atoms with E-state index in [4.69, 9.17) is 9.52 Å². The maximum atomic E-state index is 13.1. The summed E-state index contributed by atoms with van der Waals surface area (Å²) in [5.41, 5.74) is 2.09. The van der Waals surface area contributed by atoms with Gasteiger partial charge >= 0.3 is 12.1 Å². The number of benzene rings is 1. The van der Waals surface area contributed by atoms with Crippen LogP contribution < -0.4 is 10.7 Å². The molecular formula is C20H22F3N3O3.